The molecule has 1 aliphatic heterocycles. The summed E-state index contributed by atoms with van der Waals surface area (Å²) in [4.78, 5) is 33.7. The van der Waals surface area contributed by atoms with Crippen molar-refractivity contribution in [3.05, 3.63) is 44.2 Å². The minimum absolute atomic E-state index is 0.0171. The van der Waals surface area contributed by atoms with E-state index in [1.807, 2.05) is 11.0 Å². The molecule has 0 bridgehead atoms. The van der Waals surface area contributed by atoms with E-state index in [0.717, 1.165) is 28.6 Å². The summed E-state index contributed by atoms with van der Waals surface area (Å²) >= 11 is 4.97. The van der Waals surface area contributed by atoms with E-state index in [-0.39, 0.29) is 17.7 Å². The second kappa shape index (κ2) is 9.65. The molecule has 5 nitrogen and oxygen atoms in total. The van der Waals surface area contributed by atoms with Gasteiger partial charge in [0.25, 0.3) is 5.91 Å². The SMILES string of the molecule is CCCc1sc(C(=O)N2CCC(C(=O)Nc3ccc(Br)cn3)CC2)cc1CC. The number of aromatic nitrogens is 1. The van der Waals surface area contributed by atoms with Crippen LogP contribution in [0.3, 0.4) is 0 Å². The van der Waals surface area contributed by atoms with Crippen LogP contribution in [0.5, 0.6) is 0 Å². The Morgan fingerprint density at radius 1 is 1.29 bits per heavy atom. The van der Waals surface area contributed by atoms with Gasteiger partial charge in [0.05, 0.1) is 4.88 Å². The Kier molecular flexibility index (Phi) is 7.24. The van der Waals surface area contributed by atoms with Gasteiger partial charge in [-0.2, -0.15) is 0 Å². The first-order chi connectivity index (χ1) is 13.5. The van der Waals surface area contributed by atoms with Gasteiger partial charge in [-0.15, -0.1) is 11.3 Å². The molecule has 2 aromatic heterocycles. The number of piperidine rings is 1. The highest BCUT2D eigenvalue weighted by atomic mass is 79.9. The van der Waals surface area contributed by atoms with E-state index in [9.17, 15) is 9.59 Å². The molecule has 1 aliphatic rings. The summed E-state index contributed by atoms with van der Waals surface area (Å²) in [6, 6.07) is 5.69. The monoisotopic (exact) mass is 463 g/mol. The van der Waals surface area contributed by atoms with Gasteiger partial charge in [-0.1, -0.05) is 20.3 Å². The molecule has 3 heterocycles. The van der Waals surface area contributed by atoms with E-state index in [2.05, 4.69) is 46.1 Å². The summed E-state index contributed by atoms with van der Waals surface area (Å²) in [7, 11) is 0. The molecule has 150 valence electrons. The topological polar surface area (TPSA) is 62.3 Å². The zero-order chi connectivity index (χ0) is 20.1. The minimum atomic E-state index is -0.0836. The standard InChI is InChI=1S/C21H26BrN3O2S/c1-3-5-17-14(4-2)12-18(28-17)21(27)25-10-8-15(9-11-25)20(26)24-19-7-6-16(22)13-23-19/h6-7,12-13,15H,3-5,8-11H2,1-2H3,(H,23,24,26). The maximum Gasteiger partial charge on any atom is 0.263 e. The third-order valence-corrected chi connectivity index (χ3v) is 6.79. The van der Waals surface area contributed by atoms with Crippen molar-refractivity contribution in [3.8, 4) is 0 Å². The molecule has 0 atom stereocenters. The van der Waals surface area contributed by atoms with Crippen LogP contribution in [-0.2, 0) is 17.6 Å². The lowest BCUT2D eigenvalue weighted by Gasteiger charge is -2.31. The molecular formula is C21H26BrN3O2S. The average Bonchev–Trinajstić information content (AvgIpc) is 3.12. The van der Waals surface area contributed by atoms with Crippen molar-refractivity contribution in [2.24, 2.45) is 5.92 Å². The first-order valence-corrected chi connectivity index (χ1v) is 11.5. The summed E-state index contributed by atoms with van der Waals surface area (Å²) in [5, 5.41) is 2.87. The van der Waals surface area contributed by atoms with Crippen LogP contribution in [0.25, 0.3) is 0 Å². The molecule has 2 amide bonds. The third kappa shape index (κ3) is 5.00. The highest BCUT2D eigenvalue weighted by Crippen LogP contribution is 2.28. The molecule has 28 heavy (non-hydrogen) atoms. The second-order valence-corrected chi connectivity index (χ2v) is 9.13. The number of carbonyl (C=O) groups is 2. The molecule has 0 unspecified atom stereocenters. The number of likely N-dealkylation sites (tertiary alicyclic amines) is 1. The van der Waals surface area contributed by atoms with E-state index in [4.69, 9.17) is 0 Å². The Hall–Kier alpha value is -1.73. The average molecular weight is 464 g/mol. The number of aryl methyl sites for hydroxylation is 2. The molecule has 0 aliphatic carbocycles. The zero-order valence-electron chi connectivity index (χ0n) is 16.3. The van der Waals surface area contributed by atoms with Crippen molar-refractivity contribution in [1.29, 1.82) is 0 Å². The smallest absolute Gasteiger partial charge is 0.263 e. The molecule has 1 N–H and O–H groups in total. The Morgan fingerprint density at radius 3 is 2.64 bits per heavy atom. The largest absolute Gasteiger partial charge is 0.338 e. The summed E-state index contributed by atoms with van der Waals surface area (Å²) in [5.41, 5.74) is 1.30. The lowest BCUT2D eigenvalue weighted by Crippen LogP contribution is -2.41. The first kappa shape index (κ1) is 21.0. The number of nitrogens with zero attached hydrogens (tertiary/aromatic N) is 2. The van der Waals surface area contributed by atoms with E-state index >= 15 is 0 Å². The quantitative estimate of drug-likeness (QED) is 0.661. The summed E-state index contributed by atoms with van der Waals surface area (Å²) < 4.78 is 0.874. The molecule has 1 saturated heterocycles. The molecule has 7 heteroatoms. The number of halogens is 1. The highest BCUT2D eigenvalue weighted by Gasteiger charge is 2.29. The van der Waals surface area contributed by atoms with E-state index < -0.39 is 0 Å². The van der Waals surface area contributed by atoms with Crippen molar-refractivity contribution in [1.82, 2.24) is 9.88 Å². The minimum Gasteiger partial charge on any atom is -0.338 e. The van der Waals surface area contributed by atoms with Crippen LogP contribution in [0.15, 0.2) is 28.9 Å². The fourth-order valence-electron chi connectivity index (χ4n) is 3.49. The van der Waals surface area contributed by atoms with E-state index in [1.54, 1.807) is 23.6 Å². The van der Waals surface area contributed by atoms with Gasteiger partial charge in [0.1, 0.15) is 5.82 Å². The van der Waals surface area contributed by atoms with Crippen LogP contribution >= 0.6 is 27.3 Å². The predicted molar refractivity (Wildman–Crippen MR) is 117 cm³/mol. The fourth-order valence-corrected chi connectivity index (χ4v) is 5.05. The molecular weight excluding hydrogens is 438 g/mol. The first-order valence-electron chi connectivity index (χ1n) is 9.85. The van der Waals surface area contributed by atoms with Gasteiger partial charge < -0.3 is 10.2 Å². The third-order valence-electron chi connectivity index (χ3n) is 5.10. The normalized spacial score (nSPS) is 14.9. The van der Waals surface area contributed by atoms with Gasteiger partial charge >= 0.3 is 0 Å². The van der Waals surface area contributed by atoms with E-state index in [1.165, 1.54) is 10.4 Å². The van der Waals surface area contributed by atoms with Crippen LogP contribution in [0.1, 0.15) is 53.2 Å². The van der Waals surface area contributed by atoms with Gasteiger partial charge in [0.15, 0.2) is 0 Å². The molecule has 0 spiro atoms. The van der Waals surface area contributed by atoms with E-state index in [0.29, 0.717) is 31.7 Å². The number of thiophene rings is 1. The van der Waals surface area contributed by atoms with Crippen molar-refractivity contribution in [2.75, 3.05) is 18.4 Å². The van der Waals surface area contributed by atoms with Crippen molar-refractivity contribution < 1.29 is 9.59 Å². The molecule has 0 aromatic carbocycles. The number of pyridine rings is 1. The lowest BCUT2D eigenvalue weighted by atomic mass is 9.95. The maximum absolute atomic E-state index is 12.9. The molecule has 2 aromatic rings. The number of hydrogen-bond donors (Lipinski definition) is 1. The number of amides is 2. The van der Waals surface area contributed by atoms with Gasteiger partial charge in [-0.05, 0) is 65.4 Å². The number of rotatable bonds is 6. The van der Waals surface area contributed by atoms with Crippen molar-refractivity contribution >= 4 is 44.9 Å². The summed E-state index contributed by atoms with van der Waals surface area (Å²) in [5.74, 6) is 0.563. The molecule has 0 saturated carbocycles. The fraction of sp³-hybridized carbons (Fsp3) is 0.476. The number of hydrogen-bond acceptors (Lipinski definition) is 4. The Labute approximate surface area is 178 Å². The maximum atomic E-state index is 12.9. The van der Waals surface area contributed by atoms with Crippen LogP contribution in [0, 0.1) is 5.92 Å². The van der Waals surface area contributed by atoms with Gasteiger partial charge in [-0.3, -0.25) is 9.59 Å². The van der Waals surface area contributed by atoms with Crippen molar-refractivity contribution in [2.45, 2.75) is 46.0 Å². The van der Waals surface area contributed by atoms with Crippen LogP contribution < -0.4 is 5.32 Å². The predicted octanol–water partition coefficient (Wildman–Crippen LogP) is 4.91. The van der Waals surface area contributed by atoms with Crippen LogP contribution in [0.4, 0.5) is 5.82 Å². The molecule has 3 rings (SSSR count). The van der Waals surface area contributed by atoms with Gasteiger partial charge in [0.2, 0.25) is 5.91 Å². The molecule has 1 fully saturated rings. The van der Waals surface area contributed by atoms with Gasteiger partial charge in [0, 0.05) is 34.6 Å². The summed E-state index contributed by atoms with van der Waals surface area (Å²) in [6.07, 6.45) is 6.12. The zero-order valence-corrected chi connectivity index (χ0v) is 18.7. The lowest BCUT2D eigenvalue weighted by molar-refractivity contribution is -0.121. The summed E-state index contributed by atoms with van der Waals surface area (Å²) in [6.45, 7) is 5.54. The number of nitrogens with one attached hydrogen (secondary N) is 1. The molecule has 0 radical (unpaired) electrons. The second-order valence-electron chi connectivity index (χ2n) is 7.08. The van der Waals surface area contributed by atoms with Gasteiger partial charge in [-0.25, -0.2) is 4.98 Å². The van der Waals surface area contributed by atoms with Crippen LogP contribution in [-0.4, -0.2) is 34.8 Å². The Bertz CT molecular complexity index is 827. The highest BCUT2D eigenvalue weighted by molar-refractivity contribution is 9.10. The van der Waals surface area contributed by atoms with Crippen LogP contribution in [0.2, 0.25) is 0 Å². The number of anilines is 1. The number of carbonyl (C=O) groups excluding carboxylic acids is 2. The Morgan fingerprint density at radius 2 is 2.04 bits per heavy atom. The van der Waals surface area contributed by atoms with Crippen molar-refractivity contribution in [3.63, 3.8) is 0 Å². The Balaban J connectivity index is 1.56.